The summed E-state index contributed by atoms with van der Waals surface area (Å²) in [6.45, 7) is 0.321. The Labute approximate surface area is 215 Å². The summed E-state index contributed by atoms with van der Waals surface area (Å²) in [5.74, 6) is 3.51. The smallest absolute Gasteiger partial charge is 0.336 e. The summed E-state index contributed by atoms with van der Waals surface area (Å²) in [4.78, 5) is 39.8. The molecule has 4 rings (SSSR count). The Morgan fingerprint density at radius 1 is 1.00 bits per heavy atom. The maximum atomic E-state index is 12.3. The van der Waals surface area contributed by atoms with Gasteiger partial charge in [0.1, 0.15) is 23.7 Å². The number of benzene rings is 3. The van der Waals surface area contributed by atoms with Gasteiger partial charge in [-0.2, -0.15) is 0 Å². The van der Waals surface area contributed by atoms with Crippen LogP contribution in [0.5, 0.6) is 5.75 Å². The molecule has 12 heteroatoms. The van der Waals surface area contributed by atoms with Crippen LogP contribution in [0, 0.1) is 0 Å². The molecule has 0 radical (unpaired) electrons. The number of amides is 1. The molecule has 2 aromatic rings. The predicted molar refractivity (Wildman–Crippen MR) is 141 cm³/mol. The van der Waals surface area contributed by atoms with Gasteiger partial charge in [-0.05, 0) is 54.2 Å². The second-order valence-corrected chi connectivity index (χ2v) is 8.33. The van der Waals surface area contributed by atoms with Gasteiger partial charge in [-0.15, -0.1) is 0 Å². The summed E-state index contributed by atoms with van der Waals surface area (Å²) >= 11 is 5.26. The van der Waals surface area contributed by atoms with Gasteiger partial charge in [0, 0.05) is 47.4 Å². The number of anilines is 1. The molecule has 1 amide bonds. The molecule has 2 aromatic carbocycles. The number of hydrogen-bond donors (Lipinski definition) is 6. The zero-order valence-corrected chi connectivity index (χ0v) is 20.1. The Bertz CT molecular complexity index is 1540. The highest BCUT2D eigenvalue weighted by Gasteiger charge is 2.22. The summed E-state index contributed by atoms with van der Waals surface area (Å²) < 4.78 is 5.84. The fourth-order valence-electron chi connectivity index (χ4n) is 3.85. The first-order chi connectivity index (χ1) is 17.8. The second kappa shape index (κ2) is 11.0. The lowest BCUT2D eigenvalue weighted by molar-refractivity contribution is -0.125. The molecule has 0 spiro atoms. The Hall–Kier alpha value is -4.52. The number of aromatic hydroxyl groups is 1. The van der Waals surface area contributed by atoms with Gasteiger partial charge in [-0.1, -0.05) is 6.07 Å². The Balaban J connectivity index is 1.66. The highest BCUT2D eigenvalue weighted by atomic mass is 32.1. The first-order valence-electron chi connectivity index (χ1n) is 11.0. The number of thiocarbonyl (C=S) groups is 1. The van der Waals surface area contributed by atoms with Gasteiger partial charge in [0.05, 0.1) is 5.56 Å². The predicted octanol–water partition coefficient (Wildman–Crippen LogP) is 2.26. The standard InChI is InChI=1S/C25H22N4O7S/c26-35-12-22(32)27-7-8-28-25(37)29-13-1-4-16(19(9-13)24(33)34)23-17-5-2-14(30)10-20(17)36-21-11-15(31)3-6-18(21)23/h1-6,9-11,30H,7-8,12,26H2,(H,27,32)(H,33,34)(H2,28,29,37). The van der Waals surface area contributed by atoms with Crippen LogP contribution in [0.25, 0.3) is 33.4 Å². The first kappa shape index (κ1) is 25.6. The van der Waals surface area contributed by atoms with Crippen molar-refractivity contribution in [3.63, 3.8) is 0 Å². The molecule has 0 aromatic heterocycles. The van der Waals surface area contributed by atoms with Crippen molar-refractivity contribution in [2.75, 3.05) is 25.0 Å². The summed E-state index contributed by atoms with van der Waals surface area (Å²) in [6, 6.07) is 13.5. The number of phenolic OH excluding ortho intramolecular Hbond substituents is 1. The molecule has 2 aliphatic rings. The van der Waals surface area contributed by atoms with Crippen LogP contribution in [0.2, 0.25) is 0 Å². The van der Waals surface area contributed by atoms with E-state index in [0.717, 1.165) is 0 Å². The van der Waals surface area contributed by atoms with Crippen LogP contribution in [0.15, 0.2) is 63.8 Å². The van der Waals surface area contributed by atoms with Gasteiger partial charge in [0.25, 0.3) is 0 Å². The number of nitrogens with one attached hydrogen (secondary N) is 3. The van der Waals surface area contributed by atoms with E-state index in [9.17, 15) is 24.6 Å². The molecular weight excluding hydrogens is 500 g/mol. The van der Waals surface area contributed by atoms with E-state index in [1.807, 2.05) is 0 Å². The van der Waals surface area contributed by atoms with Crippen LogP contribution >= 0.6 is 12.2 Å². The molecule has 0 bridgehead atoms. The van der Waals surface area contributed by atoms with Gasteiger partial charge >= 0.3 is 5.97 Å². The van der Waals surface area contributed by atoms with Crippen molar-refractivity contribution in [3.8, 4) is 28.2 Å². The topological polar surface area (TPSA) is 176 Å². The van der Waals surface area contributed by atoms with Crippen molar-refractivity contribution in [1.29, 1.82) is 0 Å². The number of nitrogens with two attached hydrogens (primary N) is 1. The van der Waals surface area contributed by atoms with Crippen molar-refractivity contribution in [2.24, 2.45) is 5.90 Å². The van der Waals surface area contributed by atoms with E-state index in [0.29, 0.717) is 39.9 Å². The molecule has 37 heavy (non-hydrogen) atoms. The quantitative estimate of drug-likeness (QED) is 0.0866. The van der Waals surface area contributed by atoms with Crippen molar-refractivity contribution in [2.45, 2.75) is 0 Å². The van der Waals surface area contributed by atoms with E-state index < -0.39 is 5.97 Å². The molecule has 1 aliphatic carbocycles. The van der Waals surface area contributed by atoms with Gasteiger partial charge in [-0.3, -0.25) is 14.4 Å². The van der Waals surface area contributed by atoms with E-state index >= 15 is 0 Å². The van der Waals surface area contributed by atoms with Crippen LogP contribution in [-0.4, -0.2) is 46.9 Å². The zero-order valence-electron chi connectivity index (χ0n) is 19.2. The van der Waals surface area contributed by atoms with Crippen LogP contribution in [0.4, 0.5) is 5.69 Å². The van der Waals surface area contributed by atoms with Gasteiger partial charge < -0.3 is 30.6 Å². The molecule has 11 nitrogen and oxygen atoms in total. The molecule has 190 valence electrons. The van der Waals surface area contributed by atoms with Gasteiger partial charge in [0.15, 0.2) is 10.5 Å². The fraction of sp³-hybridized carbons (Fsp3) is 0.120. The van der Waals surface area contributed by atoms with Crippen LogP contribution in [0.3, 0.4) is 0 Å². The summed E-state index contributed by atoms with van der Waals surface area (Å²) in [5, 5.41) is 29.2. The average molecular weight is 523 g/mol. The molecule has 0 saturated carbocycles. The fourth-order valence-corrected chi connectivity index (χ4v) is 4.07. The lowest BCUT2D eigenvalue weighted by Crippen LogP contribution is -2.38. The maximum absolute atomic E-state index is 12.3. The third-order valence-corrected chi connectivity index (χ3v) is 5.65. The second-order valence-electron chi connectivity index (χ2n) is 7.92. The molecule has 0 atom stereocenters. The number of carbonyl (C=O) groups excluding carboxylic acids is 1. The number of carbonyl (C=O) groups is 2. The Kier molecular flexibility index (Phi) is 7.63. The number of carboxylic acids is 1. The van der Waals surface area contributed by atoms with Crippen LogP contribution in [-0.2, 0) is 9.63 Å². The van der Waals surface area contributed by atoms with Crippen molar-refractivity contribution >= 4 is 45.9 Å². The minimum atomic E-state index is -1.18. The zero-order chi connectivity index (χ0) is 26.5. The molecule has 1 aliphatic heterocycles. The molecule has 7 N–H and O–H groups in total. The number of aromatic carboxylic acids is 1. The van der Waals surface area contributed by atoms with Crippen molar-refractivity contribution in [1.82, 2.24) is 10.6 Å². The minimum absolute atomic E-state index is 0.0186. The van der Waals surface area contributed by atoms with Crippen LogP contribution < -0.4 is 27.3 Å². The summed E-state index contributed by atoms with van der Waals surface area (Å²) in [7, 11) is 0. The maximum Gasteiger partial charge on any atom is 0.336 e. The number of fused-ring (bicyclic) bond motifs is 2. The average Bonchev–Trinajstić information content (AvgIpc) is 2.85. The normalized spacial score (nSPS) is 10.8. The van der Waals surface area contributed by atoms with E-state index in [1.165, 1.54) is 30.3 Å². The third-order valence-electron chi connectivity index (χ3n) is 5.40. The molecule has 0 unspecified atom stereocenters. The SMILES string of the molecule is NOCC(=O)NCCNC(=S)Nc1ccc(-c2c3ccc(=O)cc-3oc3cc(O)ccc23)c(C(=O)O)c1. The van der Waals surface area contributed by atoms with E-state index in [2.05, 4.69) is 20.8 Å². The van der Waals surface area contributed by atoms with Gasteiger partial charge in [-0.25, -0.2) is 10.7 Å². The van der Waals surface area contributed by atoms with Crippen molar-refractivity contribution < 1.29 is 29.1 Å². The third kappa shape index (κ3) is 5.83. The van der Waals surface area contributed by atoms with E-state index in [4.69, 9.17) is 22.5 Å². The van der Waals surface area contributed by atoms with Crippen molar-refractivity contribution in [3.05, 3.63) is 70.4 Å². The lowest BCUT2D eigenvalue weighted by atomic mass is 9.90. The van der Waals surface area contributed by atoms with Crippen LogP contribution in [0.1, 0.15) is 10.4 Å². The monoisotopic (exact) mass is 522 g/mol. The number of phenols is 1. The minimum Gasteiger partial charge on any atom is -0.508 e. The highest BCUT2D eigenvalue weighted by molar-refractivity contribution is 7.80. The number of carboxylic acid groups (broad SMARTS) is 1. The number of hydrogen-bond acceptors (Lipinski definition) is 8. The van der Waals surface area contributed by atoms with Gasteiger partial charge in [0.2, 0.25) is 5.91 Å². The molecule has 1 heterocycles. The molecular formula is C25H22N4O7S. The first-order valence-corrected chi connectivity index (χ1v) is 11.4. The largest absolute Gasteiger partial charge is 0.508 e. The summed E-state index contributed by atoms with van der Waals surface area (Å²) in [5.41, 5.74) is 1.90. The lowest BCUT2D eigenvalue weighted by Gasteiger charge is -2.18. The molecule has 0 saturated heterocycles. The molecule has 0 fully saturated rings. The number of rotatable bonds is 8. The summed E-state index contributed by atoms with van der Waals surface area (Å²) in [6.07, 6.45) is 0. The highest BCUT2D eigenvalue weighted by Crippen LogP contribution is 2.42. The Morgan fingerprint density at radius 2 is 1.76 bits per heavy atom. The van der Waals surface area contributed by atoms with E-state index in [1.54, 1.807) is 24.3 Å². The Morgan fingerprint density at radius 3 is 2.51 bits per heavy atom. The van der Waals surface area contributed by atoms with E-state index in [-0.39, 0.29) is 46.7 Å².